The van der Waals surface area contributed by atoms with Crippen molar-refractivity contribution < 1.29 is 18.9 Å². The Morgan fingerprint density at radius 3 is 1.88 bits per heavy atom. The molecule has 8 nitrogen and oxygen atoms in total. The third kappa shape index (κ3) is 4.78. The molecule has 1 unspecified atom stereocenters. The second kappa shape index (κ2) is 10.6. The van der Waals surface area contributed by atoms with Gasteiger partial charge < -0.3 is 18.9 Å². The molecule has 206 valence electrons. The number of fused-ring (bicyclic) bond motifs is 1. The van der Waals surface area contributed by atoms with Crippen LogP contribution in [0.5, 0.6) is 0 Å². The van der Waals surface area contributed by atoms with Gasteiger partial charge in [-0.15, -0.1) is 0 Å². The van der Waals surface area contributed by atoms with Crippen LogP contribution >= 0.6 is 15.9 Å². The quantitative estimate of drug-likeness (QED) is 0.307. The van der Waals surface area contributed by atoms with E-state index in [-0.39, 0.29) is 11.1 Å². The van der Waals surface area contributed by atoms with Crippen LogP contribution in [0.2, 0.25) is 0 Å². The lowest BCUT2D eigenvalue weighted by atomic mass is 9.80. The van der Waals surface area contributed by atoms with Gasteiger partial charge >= 0.3 is 5.69 Å². The Bertz CT molecular complexity index is 1490. The summed E-state index contributed by atoms with van der Waals surface area (Å²) in [5.41, 5.74) is 0.819. The van der Waals surface area contributed by atoms with Gasteiger partial charge in [-0.05, 0) is 46.5 Å². The first-order chi connectivity index (χ1) is 19.3. The molecule has 0 spiro atoms. The molecular formula is C31H29BrN2O6. The van der Waals surface area contributed by atoms with Gasteiger partial charge in [-0.3, -0.25) is 14.3 Å². The molecule has 2 aliphatic heterocycles. The maximum Gasteiger partial charge on any atom is 0.330 e. The first kappa shape index (κ1) is 26.9. The average molecular weight is 605 g/mol. The number of ether oxygens (including phenoxy) is 4. The highest BCUT2D eigenvalue weighted by Gasteiger charge is 2.56. The molecular weight excluding hydrogens is 576 g/mol. The molecule has 0 radical (unpaired) electrons. The SMILES string of the molecule is CC1(C)OC2[C@@H](O1)[C@@H](COC(c1ccccc1)(c1ccccc1)c1ccccc1)O[C@H]2n1cc(Br)c(=O)[nH]c1=O. The zero-order valence-electron chi connectivity index (χ0n) is 22.0. The summed E-state index contributed by atoms with van der Waals surface area (Å²) in [5, 5.41) is 0. The van der Waals surface area contributed by atoms with Crippen molar-refractivity contribution >= 4 is 15.9 Å². The molecule has 2 saturated heterocycles. The fourth-order valence-electron chi connectivity index (χ4n) is 5.64. The summed E-state index contributed by atoms with van der Waals surface area (Å²) in [6, 6.07) is 30.2. The predicted octanol–water partition coefficient (Wildman–Crippen LogP) is 4.73. The first-order valence-electron chi connectivity index (χ1n) is 13.1. The maximum absolute atomic E-state index is 12.8. The second-order valence-electron chi connectivity index (χ2n) is 10.4. The van der Waals surface area contributed by atoms with Gasteiger partial charge in [0.15, 0.2) is 12.0 Å². The number of benzene rings is 3. The second-order valence-corrected chi connectivity index (χ2v) is 11.2. The van der Waals surface area contributed by atoms with E-state index in [2.05, 4.69) is 57.3 Å². The maximum atomic E-state index is 12.8. The molecule has 0 amide bonds. The minimum absolute atomic E-state index is 0.134. The van der Waals surface area contributed by atoms with Crippen molar-refractivity contribution in [1.82, 2.24) is 9.55 Å². The van der Waals surface area contributed by atoms with Gasteiger partial charge in [-0.2, -0.15) is 0 Å². The van der Waals surface area contributed by atoms with Crippen LogP contribution in [0.25, 0.3) is 0 Å². The summed E-state index contributed by atoms with van der Waals surface area (Å²) in [6.07, 6.45) is -1.11. The molecule has 0 saturated carbocycles. The van der Waals surface area contributed by atoms with Crippen LogP contribution < -0.4 is 11.2 Å². The zero-order chi connectivity index (χ0) is 27.9. The van der Waals surface area contributed by atoms with Crippen LogP contribution in [0.4, 0.5) is 0 Å². The van der Waals surface area contributed by atoms with E-state index in [1.54, 1.807) is 0 Å². The van der Waals surface area contributed by atoms with Crippen LogP contribution in [-0.4, -0.2) is 40.3 Å². The molecule has 40 heavy (non-hydrogen) atoms. The Labute approximate surface area is 239 Å². The van der Waals surface area contributed by atoms with E-state index in [4.69, 9.17) is 18.9 Å². The molecule has 0 bridgehead atoms. The molecule has 6 rings (SSSR count). The number of rotatable bonds is 7. The highest BCUT2D eigenvalue weighted by molar-refractivity contribution is 9.10. The van der Waals surface area contributed by atoms with E-state index in [1.807, 2.05) is 68.4 Å². The fraction of sp³-hybridized carbons (Fsp3) is 0.290. The number of nitrogens with zero attached hydrogens (tertiary/aromatic N) is 1. The minimum Gasteiger partial charge on any atom is -0.358 e. The Kier molecular flexibility index (Phi) is 7.10. The van der Waals surface area contributed by atoms with Crippen molar-refractivity contribution in [2.24, 2.45) is 0 Å². The van der Waals surface area contributed by atoms with Crippen LogP contribution in [0.3, 0.4) is 0 Å². The number of hydrogen-bond acceptors (Lipinski definition) is 6. The normalized spacial score (nSPS) is 23.7. The highest BCUT2D eigenvalue weighted by Crippen LogP contribution is 2.45. The van der Waals surface area contributed by atoms with Crippen LogP contribution in [-0.2, 0) is 24.5 Å². The molecule has 1 N–H and O–H groups in total. The molecule has 3 aromatic carbocycles. The molecule has 3 heterocycles. The monoisotopic (exact) mass is 604 g/mol. The Morgan fingerprint density at radius 2 is 1.35 bits per heavy atom. The largest absolute Gasteiger partial charge is 0.358 e. The van der Waals surface area contributed by atoms with E-state index >= 15 is 0 Å². The van der Waals surface area contributed by atoms with E-state index in [9.17, 15) is 9.59 Å². The van der Waals surface area contributed by atoms with Gasteiger partial charge in [0.25, 0.3) is 5.56 Å². The number of aromatic nitrogens is 2. The van der Waals surface area contributed by atoms with Crippen LogP contribution in [0.1, 0.15) is 36.8 Å². The Balaban J connectivity index is 1.41. The Morgan fingerprint density at radius 1 is 0.850 bits per heavy atom. The van der Waals surface area contributed by atoms with Gasteiger partial charge in [-0.1, -0.05) is 91.0 Å². The van der Waals surface area contributed by atoms with Crippen molar-refractivity contribution in [2.45, 2.75) is 49.8 Å². The van der Waals surface area contributed by atoms with E-state index in [0.29, 0.717) is 0 Å². The molecule has 0 aliphatic carbocycles. The third-order valence-corrected chi connectivity index (χ3v) is 7.89. The number of halogens is 1. The summed E-state index contributed by atoms with van der Waals surface area (Å²) in [7, 11) is 0. The molecule has 4 aromatic rings. The third-order valence-electron chi connectivity index (χ3n) is 7.33. The highest BCUT2D eigenvalue weighted by atomic mass is 79.9. The number of aromatic amines is 1. The fourth-order valence-corrected chi connectivity index (χ4v) is 5.96. The summed E-state index contributed by atoms with van der Waals surface area (Å²) >= 11 is 3.22. The van der Waals surface area contributed by atoms with E-state index in [0.717, 1.165) is 16.7 Å². The minimum atomic E-state index is -0.951. The van der Waals surface area contributed by atoms with Crippen molar-refractivity contribution in [3.05, 3.63) is 139 Å². The summed E-state index contributed by atoms with van der Waals surface area (Å²) in [5.74, 6) is -0.895. The van der Waals surface area contributed by atoms with E-state index in [1.165, 1.54) is 10.8 Å². The smallest absolute Gasteiger partial charge is 0.330 e. The van der Waals surface area contributed by atoms with E-state index < -0.39 is 47.2 Å². The average Bonchev–Trinajstić information content (AvgIpc) is 3.46. The van der Waals surface area contributed by atoms with Gasteiger partial charge in [0.05, 0.1) is 11.1 Å². The summed E-state index contributed by atoms with van der Waals surface area (Å²) < 4.78 is 27.5. The summed E-state index contributed by atoms with van der Waals surface area (Å²) in [4.78, 5) is 27.1. The van der Waals surface area contributed by atoms with Crippen molar-refractivity contribution in [2.75, 3.05) is 6.61 Å². The topological polar surface area (TPSA) is 91.8 Å². The number of nitrogens with one attached hydrogen (secondary N) is 1. The molecule has 2 aliphatic rings. The lowest BCUT2D eigenvalue weighted by Crippen LogP contribution is -2.39. The van der Waals surface area contributed by atoms with Crippen LogP contribution in [0.15, 0.2) is 111 Å². The lowest BCUT2D eigenvalue weighted by molar-refractivity contribution is -0.205. The van der Waals surface area contributed by atoms with Gasteiger partial charge in [-0.25, -0.2) is 4.79 Å². The van der Waals surface area contributed by atoms with Crippen LogP contribution in [0, 0.1) is 0 Å². The lowest BCUT2D eigenvalue weighted by Gasteiger charge is -2.37. The predicted molar refractivity (Wildman–Crippen MR) is 152 cm³/mol. The molecule has 2 fully saturated rings. The van der Waals surface area contributed by atoms with Crippen molar-refractivity contribution in [3.63, 3.8) is 0 Å². The zero-order valence-corrected chi connectivity index (χ0v) is 23.6. The molecule has 4 atom stereocenters. The summed E-state index contributed by atoms with van der Waals surface area (Å²) in [6.45, 7) is 3.79. The number of H-pyrrole nitrogens is 1. The van der Waals surface area contributed by atoms with Gasteiger partial charge in [0, 0.05) is 6.20 Å². The standard InChI is InChI=1S/C31H29BrN2O6/c1-30(2)39-25-24(38-28(26(25)40-30)34-18-23(32)27(35)33-29(34)36)19-37-31(20-12-6-3-7-13-20,21-14-8-4-9-15-21)22-16-10-5-11-17-22/h3-18,24-26,28H,19H2,1-2H3,(H,33,35,36)/t24-,25+,26?,28-/m1/s1. The van der Waals surface area contributed by atoms with Gasteiger partial charge in [0.1, 0.15) is 23.9 Å². The molecule has 1 aromatic heterocycles. The van der Waals surface area contributed by atoms with Gasteiger partial charge in [0.2, 0.25) is 0 Å². The Hall–Kier alpha value is -3.34. The number of hydrogen-bond donors (Lipinski definition) is 1. The first-order valence-corrected chi connectivity index (χ1v) is 13.9. The van der Waals surface area contributed by atoms with Crippen molar-refractivity contribution in [1.29, 1.82) is 0 Å². The van der Waals surface area contributed by atoms with Crippen molar-refractivity contribution in [3.8, 4) is 0 Å². The molecule has 9 heteroatoms.